The summed E-state index contributed by atoms with van der Waals surface area (Å²) in [5.74, 6) is 0. The summed E-state index contributed by atoms with van der Waals surface area (Å²) in [6.07, 6.45) is 4.06. The van der Waals surface area contributed by atoms with E-state index in [2.05, 4.69) is 6.92 Å². The van der Waals surface area contributed by atoms with Crippen LogP contribution in [0.25, 0.3) is 0 Å². The maximum atomic E-state index is 11.1. The van der Waals surface area contributed by atoms with E-state index in [0.29, 0.717) is 18.5 Å². The van der Waals surface area contributed by atoms with Crippen molar-refractivity contribution in [2.75, 3.05) is 13.3 Å². The Labute approximate surface area is 100 Å². The third-order valence-corrected chi connectivity index (χ3v) is 4.47. The Morgan fingerprint density at radius 2 is 1.25 bits per heavy atom. The fraction of sp³-hybridized carbons (Fsp3) is 0.833. The molecule has 3 nitrogen and oxygen atoms in total. The highest BCUT2D eigenvalue weighted by Gasteiger charge is 2.14. The molecule has 0 spiro atoms. The van der Waals surface area contributed by atoms with Gasteiger partial charge in [-0.2, -0.15) is 0 Å². The van der Waals surface area contributed by atoms with E-state index >= 15 is 0 Å². The predicted molar refractivity (Wildman–Crippen MR) is 71.9 cm³/mol. The van der Waals surface area contributed by atoms with Gasteiger partial charge in [0.05, 0.1) is 7.14 Å². The summed E-state index contributed by atoms with van der Waals surface area (Å²) >= 11 is 0. The Bertz CT molecular complexity index is 188. The first-order valence-corrected chi connectivity index (χ1v) is 8.40. The number of hydrogen-bond donors (Lipinski definition) is 0. The van der Waals surface area contributed by atoms with E-state index in [1.165, 1.54) is 0 Å². The molecule has 0 fully saturated rings. The minimum absolute atomic E-state index is 0.405. The predicted octanol–water partition coefficient (Wildman–Crippen LogP) is 3.60. The molecule has 0 N–H and O–H groups in total. The molecule has 16 heavy (non-hydrogen) atoms. The monoisotopic (exact) mass is 250 g/mol. The zero-order valence-electron chi connectivity index (χ0n) is 11.5. The zero-order chi connectivity index (χ0) is 13.6. The van der Waals surface area contributed by atoms with Gasteiger partial charge in [-0.3, -0.25) is 0 Å². The van der Waals surface area contributed by atoms with E-state index in [4.69, 9.17) is 0 Å². The molecule has 0 aliphatic carbocycles. The normalized spacial score (nSPS) is 11.1. The van der Waals surface area contributed by atoms with Gasteiger partial charge in [-0.1, -0.05) is 27.7 Å². The second kappa shape index (κ2) is 14.6. The van der Waals surface area contributed by atoms with Crippen molar-refractivity contribution in [2.24, 2.45) is 0 Å². The molecule has 0 bridgehead atoms. The lowest BCUT2D eigenvalue weighted by molar-refractivity contribution is -0.108. The van der Waals surface area contributed by atoms with Crippen LogP contribution in [0.5, 0.6) is 0 Å². The smallest absolute Gasteiger partial charge is 0.119 e. The van der Waals surface area contributed by atoms with Crippen LogP contribution in [0.15, 0.2) is 0 Å². The minimum atomic E-state index is -1.76. The molecule has 0 amide bonds. The standard InChI is InChI=1S/C6H15OP.2C3H6O/c1-5-6(2)8(3,4)7;2*1-2-3-4/h6H,5H2,1-4H3;2*3H,2H2,1H3. The maximum Gasteiger partial charge on any atom is 0.119 e. The number of rotatable bonds is 4. The molecule has 1 atom stereocenters. The Balaban J connectivity index is -0.000000179. The average molecular weight is 250 g/mol. The quantitative estimate of drug-likeness (QED) is 0.566. The van der Waals surface area contributed by atoms with Gasteiger partial charge in [-0.15, -0.1) is 0 Å². The second-order valence-electron chi connectivity index (χ2n) is 3.84. The van der Waals surface area contributed by atoms with Gasteiger partial charge in [0, 0.05) is 18.5 Å². The van der Waals surface area contributed by atoms with Crippen LogP contribution in [0.3, 0.4) is 0 Å². The molecule has 0 aliphatic rings. The van der Waals surface area contributed by atoms with E-state index in [-0.39, 0.29) is 0 Å². The molecule has 0 aromatic heterocycles. The summed E-state index contributed by atoms with van der Waals surface area (Å²) in [6, 6.07) is 0. The van der Waals surface area contributed by atoms with E-state index < -0.39 is 7.14 Å². The molecular formula is C12H27O3P. The van der Waals surface area contributed by atoms with Gasteiger partial charge in [0.1, 0.15) is 12.6 Å². The summed E-state index contributed by atoms with van der Waals surface area (Å²) in [5, 5.41) is 0. The first-order valence-electron chi connectivity index (χ1n) is 5.73. The molecule has 0 rings (SSSR count). The van der Waals surface area contributed by atoms with Gasteiger partial charge in [0.15, 0.2) is 0 Å². The Kier molecular flexibility index (Phi) is 19.0. The van der Waals surface area contributed by atoms with Crippen molar-refractivity contribution in [2.45, 2.75) is 52.6 Å². The van der Waals surface area contributed by atoms with Gasteiger partial charge in [0.2, 0.25) is 0 Å². The largest absolute Gasteiger partial charge is 0.324 e. The zero-order valence-corrected chi connectivity index (χ0v) is 12.4. The van der Waals surface area contributed by atoms with Crippen LogP contribution in [0.1, 0.15) is 47.0 Å². The lowest BCUT2D eigenvalue weighted by Gasteiger charge is -2.12. The highest BCUT2D eigenvalue weighted by molar-refractivity contribution is 7.63. The molecule has 0 saturated carbocycles. The third-order valence-electron chi connectivity index (χ3n) is 1.99. The first-order chi connectivity index (χ1) is 7.31. The summed E-state index contributed by atoms with van der Waals surface area (Å²) in [7, 11) is -1.76. The van der Waals surface area contributed by atoms with E-state index in [9.17, 15) is 14.2 Å². The van der Waals surface area contributed by atoms with Crippen LogP contribution >= 0.6 is 7.14 Å². The number of hydrogen-bond acceptors (Lipinski definition) is 3. The SMILES string of the molecule is CCC(C)P(C)(C)=O.CCC=O.CCC=O. The second-order valence-corrected chi connectivity index (χ2v) is 7.59. The summed E-state index contributed by atoms with van der Waals surface area (Å²) in [6.45, 7) is 11.4. The number of carbonyl (C=O) groups excluding carboxylic acids is 2. The fourth-order valence-electron chi connectivity index (χ4n) is 0.440. The van der Waals surface area contributed by atoms with Gasteiger partial charge < -0.3 is 14.2 Å². The number of aldehydes is 2. The highest BCUT2D eigenvalue weighted by atomic mass is 31.2. The average Bonchev–Trinajstić information content (AvgIpc) is 2.27. The van der Waals surface area contributed by atoms with Crippen molar-refractivity contribution in [1.29, 1.82) is 0 Å². The first kappa shape index (κ1) is 20.9. The van der Waals surface area contributed by atoms with Crippen molar-refractivity contribution >= 4 is 19.7 Å². The molecule has 1 unspecified atom stereocenters. The van der Waals surface area contributed by atoms with Crippen molar-refractivity contribution in [1.82, 2.24) is 0 Å². The Morgan fingerprint density at radius 1 is 1.00 bits per heavy atom. The van der Waals surface area contributed by atoms with Gasteiger partial charge in [0.25, 0.3) is 0 Å². The van der Waals surface area contributed by atoms with E-state index in [1.54, 1.807) is 0 Å². The summed E-state index contributed by atoms with van der Waals surface area (Å²) in [4.78, 5) is 18.3. The van der Waals surface area contributed by atoms with Crippen LogP contribution in [0, 0.1) is 0 Å². The molecule has 0 heterocycles. The number of carbonyl (C=O) groups is 2. The highest BCUT2D eigenvalue weighted by Crippen LogP contribution is 2.43. The Morgan fingerprint density at radius 3 is 1.25 bits per heavy atom. The van der Waals surface area contributed by atoms with Crippen molar-refractivity contribution < 1.29 is 14.2 Å². The molecular weight excluding hydrogens is 223 g/mol. The molecule has 98 valence electrons. The van der Waals surface area contributed by atoms with Gasteiger partial charge in [-0.05, 0) is 19.8 Å². The third kappa shape index (κ3) is 23.4. The summed E-state index contributed by atoms with van der Waals surface area (Å²) in [5.41, 5.74) is 0.405. The minimum Gasteiger partial charge on any atom is -0.324 e. The van der Waals surface area contributed by atoms with Gasteiger partial charge >= 0.3 is 0 Å². The maximum absolute atomic E-state index is 11.1. The summed E-state index contributed by atoms with van der Waals surface area (Å²) < 4.78 is 11.1. The van der Waals surface area contributed by atoms with Crippen LogP contribution in [-0.2, 0) is 14.2 Å². The van der Waals surface area contributed by atoms with Crippen molar-refractivity contribution in [3.8, 4) is 0 Å². The van der Waals surface area contributed by atoms with Gasteiger partial charge in [-0.25, -0.2) is 0 Å². The lowest BCUT2D eigenvalue weighted by atomic mass is 10.4. The molecule has 0 aliphatic heterocycles. The van der Waals surface area contributed by atoms with Crippen LogP contribution < -0.4 is 0 Å². The topological polar surface area (TPSA) is 51.2 Å². The van der Waals surface area contributed by atoms with E-state index in [0.717, 1.165) is 19.0 Å². The molecule has 0 aromatic rings. The molecule has 0 radical (unpaired) electrons. The van der Waals surface area contributed by atoms with Crippen molar-refractivity contribution in [3.63, 3.8) is 0 Å². The van der Waals surface area contributed by atoms with Crippen LogP contribution in [0.2, 0.25) is 0 Å². The molecule has 4 heteroatoms. The molecule has 0 saturated heterocycles. The van der Waals surface area contributed by atoms with Crippen LogP contribution in [0.4, 0.5) is 0 Å². The van der Waals surface area contributed by atoms with E-state index in [1.807, 2.05) is 34.1 Å². The fourth-order valence-corrected chi connectivity index (χ4v) is 1.32. The lowest BCUT2D eigenvalue weighted by Crippen LogP contribution is -1.98. The van der Waals surface area contributed by atoms with Crippen LogP contribution in [-0.4, -0.2) is 31.6 Å². The van der Waals surface area contributed by atoms with Crippen molar-refractivity contribution in [3.05, 3.63) is 0 Å². The Hall–Kier alpha value is -0.430. The molecule has 0 aromatic carbocycles.